The van der Waals surface area contributed by atoms with E-state index in [0.717, 1.165) is 0 Å². The standard InChI is InChI=1S/C18H22FN5O3/c1-12(2)24-11-14(21-22-24)10-16-17(25)23(18(26)20-16)8-3-9-27-15-6-4-13(19)5-7-15/h4-7,11-12,16H,3,8-10H2,1-2H3,(H,20,26). The highest BCUT2D eigenvalue weighted by molar-refractivity contribution is 6.04. The second-order valence-corrected chi connectivity index (χ2v) is 6.64. The summed E-state index contributed by atoms with van der Waals surface area (Å²) in [5.74, 6) is -0.0678. The summed E-state index contributed by atoms with van der Waals surface area (Å²) in [4.78, 5) is 25.7. The molecular weight excluding hydrogens is 353 g/mol. The first kappa shape index (κ1) is 18.8. The summed E-state index contributed by atoms with van der Waals surface area (Å²) in [6, 6.07) is 4.82. The highest BCUT2D eigenvalue weighted by atomic mass is 19.1. The van der Waals surface area contributed by atoms with Gasteiger partial charge >= 0.3 is 6.03 Å². The molecule has 3 rings (SSSR count). The van der Waals surface area contributed by atoms with E-state index in [2.05, 4.69) is 15.6 Å². The van der Waals surface area contributed by atoms with Crippen LogP contribution in [-0.4, -0.2) is 51.0 Å². The van der Waals surface area contributed by atoms with Crippen molar-refractivity contribution in [3.63, 3.8) is 0 Å². The average Bonchev–Trinajstić information content (AvgIpc) is 3.20. The molecule has 1 N–H and O–H groups in total. The molecule has 144 valence electrons. The quantitative estimate of drug-likeness (QED) is 0.563. The van der Waals surface area contributed by atoms with E-state index in [4.69, 9.17) is 4.74 Å². The van der Waals surface area contributed by atoms with Crippen molar-refractivity contribution >= 4 is 11.9 Å². The summed E-state index contributed by atoms with van der Waals surface area (Å²) in [6.45, 7) is 4.53. The topological polar surface area (TPSA) is 89.4 Å². The average molecular weight is 375 g/mol. The molecule has 0 aliphatic carbocycles. The van der Waals surface area contributed by atoms with Gasteiger partial charge in [-0.3, -0.25) is 9.69 Å². The summed E-state index contributed by atoms with van der Waals surface area (Å²) in [7, 11) is 0. The molecule has 27 heavy (non-hydrogen) atoms. The van der Waals surface area contributed by atoms with Crippen LogP contribution in [0.2, 0.25) is 0 Å². The normalized spacial score (nSPS) is 16.9. The Morgan fingerprint density at radius 2 is 2.00 bits per heavy atom. The number of nitrogens with one attached hydrogen (secondary N) is 1. The van der Waals surface area contributed by atoms with E-state index in [1.54, 1.807) is 10.9 Å². The van der Waals surface area contributed by atoms with E-state index < -0.39 is 12.1 Å². The predicted molar refractivity (Wildman–Crippen MR) is 94.7 cm³/mol. The van der Waals surface area contributed by atoms with Gasteiger partial charge in [-0.2, -0.15) is 0 Å². The molecule has 1 aliphatic rings. The van der Waals surface area contributed by atoms with Crippen molar-refractivity contribution in [3.05, 3.63) is 42.0 Å². The molecule has 1 aromatic carbocycles. The molecule has 0 saturated carbocycles. The first-order valence-electron chi connectivity index (χ1n) is 8.85. The minimum atomic E-state index is -0.632. The lowest BCUT2D eigenvalue weighted by Crippen LogP contribution is -2.33. The van der Waals surface area contributed by atoms with Crippen molar-refractivity contribution in [2.24, 2.45) is 0 Å². The zero-order chi connectivity index (χ0) is 19.4. The SMILES string of the molecule is CC(C)n1cc(CC2NC(=O)N(CCCOc3ccc(F)cc3)C2=O)nn1. The molecule has 1 fully saturated rings. The summed E-state index contributed by atoms with van der Waals surface area (Å²) < 4.78 is 20.0. The fourth-order valence-electron chi connectivity index (χ4n) is 2.74. The van der Waals surface area contributed by atoms with E-state index in [1.165, 1.54) is 29.2 Å². The summed E-state index contributed by atoms with van der Waals surface area (Å²) in [5.41, 5.74) is 0.656. The van der Waals surface area contributed by atoms with Crippen LogP contribution < -0.4 is 10.1 Å². The van der Waals surface area contributed by atoms with Gasteiger partial charge < -0.3 is 10.1 Å². The molecule has 2 aromatic rings. The van der Waals surface area contributed by atoms with Gasteiger partial charge in [0.1, 0.15) is 17.6 Å². The Morgan fingerprint density at radius 3 is 2.67 bits per heavy atom. The number of amides is 3. The smallest absolute Gasteiger partial charge is 0.324 e. The van der Waals surface area contributed by atoms with E-state index in [-0.39, 0.29) is 24.3 Å². The maximum atomic E-state index is 12.8. The molecule has 1 atom stereocenters. The monoisotopic (exact) mass is 375 g/mol. The number of ether oxygens (including phenoxy) is 1. The lowest BCUT2D eigenvalue weighted by atomic mass is 10.1. The Hall–Kier alpha value is -2.97. The number of imide groups is 1. The maximum absolute atomic E-state index is 12.8. The van der Waals surface area contributed by atoms with Gasteiger partial charge in [-0.15, -0.1) is 5.10 Å². The van der Waals surface area contributed by atoms with Gasteiger partial charge in [-0.25, -0.2) is 13.9 Å². The largest absolute Gasteiger partial charge is 0.494 e. The number of benzene rings is 1. The number of halogens is 1. The van der Waals surface area contributed by atoms with Crippen molar-refractivity contribution in [1.82, 2.24) is 25.2 Å². The third-order valence-electron chi connectivity index (χ3n) is 4.22. The second kappa shape index (κ2) is 8.15. The Labute approximate surface area is 156 Å². The van der Waals surface area contributed by atoms with Crippen molar-refractivity contribution in [2.75, 3.05) is 13.2 Å². The first-order chi connectivity index (χ1) is 12.9. The number of aromatic nitrogens is 3. The molecule has 2 heterocycles. The Bertz CT molecular complexity index is 806. The maximum Gasteiger partial charge on any atom is 0.324 e. The molecule has 1 unspecified atom stereocenters. The lowest BCUT2D eigenvalue weighted by molar-refractivity contribution is -0.127. The molecule has 9 heteroatoms. The number of hydrogen-bond donors (Lipinski definition) is 1. The number of rotatable bonds is 8. The van der Waals surface area contributed by atoms with Crippen molar-refractivity contribution in [3.8, 4) is 5.75 Å². The number of urea groups is 1. The third-order valence-corrected chi connectivity index (χ3v) is 4.22. The molecule has 3 amide bonds. The predicted octanol–water partition coefficient (Wildman–Crippen LogP) is 1.93. The second-order valence-electron chi connectivity index (χ2n) is 6.64. The fraction of sp³-hybridized carbons (Fsp3) is 0.444. The summed E-state index contributed by atoms with van der Waals surface area (Å²) in [6.07, 6.45) is 2.57. The molecule has 8 nitrogen and oxygen atoms in total. The lowest BCUT2D eigenvalue weighted by Gasteiger charge is -2.13. The highest BCUT2D eigenvalue weighted by Gasteiger charge is 2.37. The zero-order valence-corrected chi connectivity index (χ0v) is 15.3. The summed E-state index contributed by atoms with van der Waals surface area (Å²) >= 11 is 0. The van der Waals surface area contributed by atoms with Crippen LogP contribution in [0.15, 0.2) is 30.5 Å². The Balaban J connectivity index is 1.47. The van der Waals surface area contributed by atoms with Gasteiger partial charge in [0.2, 0.25) is 0 Å². The van der Waals surface area contributed by atoms with E-state index in [0.29, 0.717) is 30.9 Å². The minimum Gasteiger partial charge on any atom is -0.494 e. The van der Waals surface area contributed by atoms with Crippen molar-refractivity contribution in [2.45, 2.75) is 38.8 Å². The zero-order valence-electron chi connectivity index (χ0n) is 15.3. The molecule has 0 spiro atoms. The van der Waals surface area contributed by atoms with Crippen LogP contribution in [0.1, 0.15) is 32.0 Å². The van der Waals surface area contributed by atoms with Crippen LogP contribution in [0.5, 0.6) is 5.75 Å². The van der Waals surface area contributed by atoms with E-state index in [1.807, 2.05) is 13.8 Å². The third kappa shape index (κ3) is 4.60. The van der Waals surface area contributed by atoms with Crippen LogP contribution >= 0.6 is 0 Å². The van der Waals surface area contributed by atoms with Gasteiger partial charge in [0, 0.05) is 25.2 Å². The van der Waals surface area contributed by atoms with E-state index in [9.17, 15) is 14.0 Å². The fourth-order valence-corrected chi connectivity index (χ4v) is 2.74. The molecule has 0 bridgehead atoms. The van der Waals surface area contributed by atoms with Crippen LogP contribution in [0.3, 0.4) is 0 Å². The Morgan fingerprint density at radius 1 is 1.26 bits per heavy atom. The Kier molecular flexibility index (Phi) is 5.68. The van der Waals surface area contributed by atoms with Crippen LogP contribution in [0.4, 0.5) is 9.18 Å². The van der Waals surface area contributed by atoms with Crippen molar-refractivity contribution < 1.29 is 18.7 Å². The van der Waals surface area contributed by atoms with Crippen molar-refractivity contribution in [1.29, 1.82) is 0 Å². The molecule has 0 radical (unpaired) electrons. The molecular formula is C18H22FN5O3. The summed E-state index contributed by atoms with van der Waals surface area (Å²) in [5, 5.41) is 10.7. The van der Waals surface area contributed by atoms with Gasteiger partial charge in [0.25, 0.3) is 5.91 Å². The van der Waals surface area contributed by atoms with Crippen LogP contribution in [0, 0.1) is 5.82 Å². The van der Waals surface area contributed by atoms with Crippen LogP contribution in [-0.2, 0) is 11.2 Å². The molecule has 1 saturated heterocycles. The number of hydrogen-bond acceptors (Lipinski definition) is 5. The minimum absolute atomic E-state index is 0.178. The number of carbonyl (C=O) groups is 2. The molecule has 1 aromatic heterocycles. The number of nitrogens with zero attached hydrogens (tertiary/aromatic N) is 4. The van der Waals surface area contributed by atoms with Gasteiger partial charge in [0.15, 0.2) is 0 Å². The van der Waals surface area contributed by atoms with Gasteiger partial charge in [-0.1, -0.05) is 5.21 Å². The highest BCUT2D eigenvalue weighted by Crippen LogP contribution is 2.14. The first-order valence-corrected chi connectivity index (χ1v) is 8.85. The van der Waals surface area contributed by atoms with Gasteiger partial charge in [-0.05, 0) is 44.5 Å². The van der Waals surface area contributed by atoms with Gasteiger partial charge in [0.05, 0.1) is 12.3 Å². The van der Waals surface area contributed by atoms with Crippen LogP contribution in [0.25, 0.3) is 0 Å². The molecule has 1 aliphatic heterocycles. The van der Waals surface area contributed by atoms with E-state index >= 15 is 0 Å². The number of carbonyl (C=O) groups excluding carboxylic acids is 2.